The van der Waals surface area contributed by atoms with E-state index in [4.69, 9.17) is 10.4 Å². The molecular weight excluding hydrogens is 240 g/mol. The first-order valence-electron chi connectivity index (χ1n) is 4.43. The van der Waals surface area contributed by atoms with Crippen LogP contribution in [-0.2, 0) is 19.4 Å². The fourth-order valence-electron chi connectivity index (χ4n) is 1.13. The van der Waals surface area contributed by atoms with Crippen LogP contribution < -0.4 is 11.0 Å². The molecule has 0 aliphatic rings. The molecule has 8 nitrogen and oxygen atoms in total. The fraction of sp³-hybridized carbons (Fsp3) is 0.714. The Morgan fingerprint density at radius 3 is 1.94 bits per heavy atom. The van der Waals surface area contributed by atoms with E-state index in [0.29, 0.717) is 0 Å². The Kier molecular flexibility index (Phi) is 5.35. The lowest BCUT2D eigenvalue weighted by Gasteiger charge is -2.17. The highest BCUT2D eigenvalue weighted by Crippen LogP contribution is 2.13. The van der Waals surface area contributed by atoms with Crippen molar-refractivity contribution < 1.29 is 28.4 Å². The molecule has 4 N–H and O–H groups in total. The molecule has 0 aliphatic heterocycles. The van der Waals surface area contributed by atoms with Crippen LogP contribution in [0.1, 0.15) is 20.3 Å². The first-order valence-corrected chi connectivity index (χ1v) is 6.04. The minimum absolute atomic E-state index is 0.0994. The van der Waals surface area contributed by atoms with Crippen molar-refractivity contribution in [3.05, 3.63) is 0 Å². The van der Waals surface area contributed by atoms with Crippen molar-refractivity contribution in [1.29, 1.82) is 0 Å². The number of sulfone groups is 1. The molecule has 0 saturated carbocycles. The summed E-state index contributed by atoms with van der Waals surface area (Å²) in [5, 5.41) is 13.5. The van der Waals surface area contributed by atoms with Gasteiger partial charge in [0.15, 0.2) is 9.84 Å². The number of nitrogens with one attached hydrogen (secondary N) is 2. The van der Waals surface area contributed by atoms with E-state index >= 15 is 0 Å². The Bertz CT molecular complexity index is 365. The van der Waals surface area contributed by atoms with Gasteiger partial charge in [0.25, 0.3) is 11.8 Å². The maximum absolute atomic E-state index is 11.7. The minimum atomic E-state index is -4.12. The Morgan fingerprint density at radius 1 is 1.19 bits per heavy atom. The number of hydrogen-bond acceptors (Lipinski definition) is 6. The number of amides is 2. The molecule has 2 amide bonds. The van der Waals surface area contributed by atoms with Crippen molar-refractivity contribution in [2.45, 2.75) is 30.8 Å². The second-order valence-corrected chi connectivity index (χ2v) is 5.53. The zero-order valence-electron chi connectivity index (χ0n) is 8.80. The van der Waals surface area contributed by atoms with Gasteiger partial charge in [-0.25, -0.2) is 19.4 Å². The number of carbonyl (C=O) groups is 2. The van der Waals surface area contributed by atoms with Gasteiger partial charge in [-0.15, -0.1) is 0 Å². The number of rotatable bonds is 5. The average molecular weight is 254 g/mol. The monoisotopic (exact) mass is 254 g/mol. The van der Waals surface area contributed by atoms with Crippen molar-refractivity contribution in [3.63, 3.8) is 0 Å². The van der Waals surface area contributed by atoms with Gasteiger partial charge in [-0.2, -0.15) is 0 Å². The van der Waals surface area contributed by atoms with Gasteiger partial charge < -0.3 is 0 Å². The molecule has 0 aromatic rings. The van der Waals surface area contributed by atoms with E-state index in [2.05, 4.69) is 0 Å². The van der Waals surface area contributed by atoms with Gasteiger partial charge >= 0.3 is 0 Å². The van der Waals surface area contributed by atoms with Crippen LogP contribution in [-0.4, -0.2) is 41.1 Å². The number of carbonyl (C=O) groups excluding carboxylic acids is 2. The van der Waals surface area contributed by atoms with Gasteiger partial charge in [-0.05, 0) is 13.3 Å². The predicted molar refractivity (Wildman–Crippen MR) is 52.3 cm³/mol. The summed E-state index contributed by atoms with van der Waals surface area (Å²) in [6.45, 7) is 2.45. The maximum atomic E-state index is 11.7. The van der Waals surface area contributed by atoms with E-state index in [9.17, 15) is 18.0 Å². The highest BCUT2D eigenvalue weighted by atomic mass is 32.2. The Morgan fingerprint density at radius 2 is 1.62 bits per heavy atom. The van der Waals surface area contributed by atoms with Crippen molar-refractivity contribution in [3.8, 4) is 0 Å². The molecule has 0 radical (unpaired) electrons. The topological polar surface area (TPSA) is 133 Å². The molecule has 16 heavy (non-hydrogen) atoms. The van der Waals surface area contributed by atoms with Gasteiger partial charge in [0, 0.05) is 0 Å². The van der Waals surface area contributed by atoms with Crippen LogP contribution in [0.15, 0.2) is 0 Å². The third kappa shape index (κ3) is 2.90. The molecule has 0 rings (SSSR count). The SMILES string of the molecule is CCC(C(=O)NO)S(=O)(=O)C(C)C(=O)NO. The van der Waals surface area contributed by atoms with E-state index < -0.39 is 32.2 Å². The van der Waals surface area contributed by atoms with Crippen LogP contribution in [0, 0.1) is 0 Å². The zero-order valence-corrected chi connectivity index (χ0v) is 9.61. The van der Waals surface area contributed by atoms with E-state index in [-0.39, 0.29) is 6.42 Å². The fourth-order valence-corrected chi connectivity index (χ4v) is 2.78. The van der Waals surface area contributed by atoms with Gasteiger partial charge in [0.2, 0.25) is 0 Å². The molecule has 94 valence electrons. The predicted octanol–water partition coefficient (Wildman–Crippen LogP) is -1.42. The third-order valence-electron chi connectivity index (χ3n) is 2.14. The van der Waals surface area contributed by atoms with Crippen LogP contribution in [0.5, 0.6) is 0 Å². The van der Waals surface area contributed by atoms with Crippen molar-refractivity contribution in [1.82, 2.24) is 11.0 Å². The molecule has 2 atom stereocenters. The molecule has 0 aromatic heterocycles. The number of hydrogen-bond donors (Lipinski definition) is 4. The summed E-state index contributed by atoms with van der Waals surface area (Å²) in [5.74, 6) is -2.25. The van der Waals surface area contributed by atoms with E-state index in [1.54, 1.807) is 0 Å². The van der Waals surface area contributed by atoms with Gasteiger partial charge in [0.1, 0.15) is 10.5 Å². The molecule has 2 unspecified atom stereocenters. The lowest BCUT2D eigenvalue weighted by Crippen LogP contribution is -2.46. The summed E-state index contributed by atoms with van der Waals surface area (Å²) in [6, 6.07) is 0. The molecular formula is C7H14N2O6S. The molecule has 0 saturated heterocycles. The van der Waals surface area contributed by atoms with Gasteiger partial charge in [-0.3, -0.25) is 20.0 Å². The lowest BCUT2D eigenvalue weighted by atomic mass is 10.3. The maximum Gasteiger partial charge on any atom is 0.261 e. The van der Waals surface area contributed by atoms with Crippen molar-refractivity contribution in [2.24, 2.45) is 0 Å². The van der Waals surface area contributed by atoms with E-state index in [1.807, 2.05) is 0 Å². The summed E-state index contributed by atoms with van der Waals surface area (Å²) in [7, 11) is -4.12. The Labute approximate surface area is 92.5 Å². The lowest BCUT2D eigenvalue weighted by molar-refractivity contribution is -0.128. The summed E-state index contributed by atoms with van der Waals surface area (Å²) in [6.07, 6.45) is -0.0994. The molecule has 0 bridgehead atoms. The second kappa shape index (κ2) is 5.77. The van der Waals surface area contributed by atoms with Crippen molar-refractivity contribution >= 4 is 21.7 Å². The smallest absolute Gasteiger partial charge is 0.261 e. The van der Waals surface area contributed by atoms with E-state index in [0.717, 1.165) is 6.92 Å². The number of hydroxylamine groups is 2. The highest BCUT2D eigenvalue weighted by Gasteiger charge is 2.38. The molecule has 0 aliphatic carbocycles. The zero-order chi connectivity index (χ0) is 12.9. The third-order valence-corrected chi connectivity index (χ3v) is 4.68. The van der Waals surface area contributed by atoms with Crippen LogP contribution in [0.3, 0.4) is 0 Å². The molecule has 0 aromatic carbocycles. The largest absolute Gasteiger partial charge is 0.289 e. The Hall–Kier alpha value is -1.19. The normalized spacial score (nSPS) is 15.0. The summed E-state index contributed by atoms with van der Waals surface area (Å²) < 4.78 is 23.4. The first-order chi connectivity index (χ1) is 7.32. The molecule has 0 fully saturated rings. The van der Waals surface area contributed by atoms with Crippen LogP contribution in [0.4, 0.5) is 0 Å². The van der Waals surface area contributed by atoms with Crippen LogP contribution in [0.2, 0.25) is 0 Å². The summed E-state index contributed by atoms with van der Waals surface area (Å²) in [5.41, 5.74) is 2.42. The Balaban J connectivity index is 5.16. The van der Waals surface area contributed by atoms with Crippen LogP contribution in [0.25, 0.3) is 0 Å². The first kappa shape index (κ1) is 14.8. The molecule has 9 heteroatoms. The molecule has 0 spiro atoms. The quantitative estimate of drug-likeness (QED) is 0.351. The highest BCUT2D eigenvalue weighted by molar-refractivity contribution is 7.94. The van der Waals surface area contributed by atoms with E-state index in [1.165, 1.54) is 17.9 Å². The van der Waals surface area contributed by atoms with Crippen molar-refractivity contribution in [2.75, 3.05) is 0 Å². The van der Waals surface area contributed by atoms with Gasteiger partial charge in [0.05, 0.1) is 0 Å². The summed E-state index contributed by atoms with van der Waals surface area (Å²) in [4.78, 5) is 22.0. The second-order valence-electron chi connectivity index (χ2n) is 3.08. The van der Waals surface area contributed by atoms with Gasteiger partial charge in [-0.1, -0.05) is 6.92 Å². The molecule has 0 heterocycles. The average Bonchev–Trinajstić information content (AvgIpc) is 2.27. The van der Waals surface area contributed by atoms with Crippen LogP contribution >= 0.6 is 0 Å². The summed E-state index contributed by atoms with van der Waals surface area (Å²) >= 11 is 0. The minimum Gasteiger partial charge on any atom is -0.289 e. The standard InChI is InChI=1S/C7H14N2O6S/c1-3-5(7(11)9-13)16(14,15)4(2)6(10)8-12/h4-5,12-13H,3H2,1-2H3,(H,8,10)(H,9,11).